The Morgan fingerprint density at radius 1 is 1.45 bits per heavy atom. The molecule has 1 aliphatic carbocycles. The van der Waals surface area contributed by atoms with Gasteiger partial charge in [-0.15, -0.1) is 0 Å². The highest BCUT2D eigenvalue weighted by molar-refractivity contribution is 5.93. The lowest BCUT2D eigenvalue weighted by Crippen LogP contribution is -2.29. The molecule has 0 aliphatic heterocycles. The van der Waals surface area contributed by atoms with Gasteiger partial charge in [-0.3, -0.25) is 4.79 Å². The summed E-state index contributed by atoms with van der Waals surface area (Å²) in [5.41, 5.74) is 7.58. The zero-order chi connectivity index (χ0) is 15.5. The Labute approximate surface area is 130 Å². The van der Waals surface area contributed by atoms with E-state index >= 15 is 0 Å². The van der Waals surface area contributed by atoms with Crippen molar-refractivity contribution in [2.45, 2.75) is 19.3 Å². The number of hydrogen-bond donors (Lipinski definition) is 2. The van der Waals surface area contributed by atoms with Crippen molar-refractivity contribution in [2.75, 3.05) is 11.9 Å². The Bertz CT molecular complexity index is 664. The third-order valence-electron chi connectivity index (χ3n) is 4.51. The normalized spacial score (nSPS) is 21.0. The molecule has 1 aliphatic rings. The van der Waals surface area contributed by atoms with Gasteiger partial charge in [-0.25, -0.2) is 4.98 Å². The third-order valence-corrected chi connectivity index (χ3v) is 4.51. The first-order chi connectivity index (χ1) is 10.7. The van der Waals surface area contributed by atoms with Gasteiger partial charge in [0, 0.05) is 36.6 Å². The molecule has 0 radical (unpaired) electrons. The van der Waals surface area contributed by atoms with Gasteiger partial charge in [0.25, 0.3) is 0 Å². The van der Waals surface area contributed by atoms with E-state index in [1.807, 2.05) is 42.1 Å². The maximum Gasteiger partial charge on any atom is 0.227 e. The Morgan fingerprint density at radius 3 is 3.05 bits per heavy atom. The Balaban J connectivity index is 1.76. The van der Waals surface area contributed by atoms with Crippen molar-refractivity contribution < 1.29 is 4.79 Å². The zero-order valence-corrected chi connectivity index (χ0v) is 12.8. The predicted octanol–water partition coefficient (Wildman–Crippen LogP) is 2.40. The van der Waals surface area contributed by atoms with Crippen molar-refractivity contribution in [3.8, 4) is 11.4 Å². The molecule has 3 N–H and O–H groups in total. The molecule has 22 heavy (non-hydrogen) atoms. The molecule has 2 aromatic rings. The lowest BCUT2D eigenvalue weighted by molar-refractivity contribution is -0.120. The van der Waals surface area contributed by atoms with Crippen LogP contribution >= 0.6 is 0 Å². The van der Waals surface area contributed by atoms with Crippen LogP contribution in [0.4, 0.5) is 5.69 Å². The fraction of sp³-hybridized carbons (Fsp3) is 0.412. The number of amides is 1. The number of benzene rings is 1. The molecule has 5 heteroatoms. The smallest absolute Gasteiger partial charge is 0.227 e. The quantitative estimate of drug-likeness (QED) is 0.910. The van der Waals surface area contributed by atoms with Crippen LogP contribution in [-0.4, -0.2) is 22.0 Å². The van der Waals surface area contributed by atoms with Gasteiger partial charge >= 0.3 is 0 Å². The van der Waals surface area contributed by atoms with E-state index in [1.165, 1.54) is 0 Å². The maximum absolute atomic E-state index is 12.5. The molecule has 1 heterocycles. The second-order valence-corrected chi connectivity index (χ2v) is 5.96. The molecule has 5 nitrogen and oxygen atoms in total. The second kappa shape index (κ2) is 6.32. The molecule has 1 aromatic heterocycles. The molecule has 0 bridgehead atoms. The largest absolute Gasteiger partial charge is 0.334 e. The number of aryl methyl sites for hydroxylation is 1. The van der Waals surface area contributed by atoms with Gasteiger partial charge in [-0.05, 0) is 37.4 Å². The van der Waals surface area contributed by atoms with Crippen LogP contribution in [0, 0.1) is 11.8 Å². The molecule has 2 atom stereocenters. The minimum absolute atomic E-state index is 0.0433. The lowest BCUT2D eigenvalue weighted by Gasteiger charge is -2.17. The summed E-state index contributed by atoms with van der Waals surface area (Å²) in [7, 11) is 1.96. The van der Waals surface area contributed by atoms with Gasteiger partial charge in [0.2, 0.25) is 5.91 Å². The first kappa shape index (κ1) is 14.8. The second-order valence-electron chi connectivity index (χ2n) is 5.96. The minimum atomic E-state index is 0.0433. The number of rotatable bonds is 4. The van der Waals surface area contributed by atoms with Crippen LogP contribution in [-0.2, 0) is 11.8 Å². The predicted molar refractivity (Wildman–Crippen MR) is 87.2 cm³/mol. The van der Waals surface area contributed by atoms with Crippen molar-refractivity contribution in [2.24, 2.45) is 24.6 Å². The minimum Gasteiger partial charge on any atom is -0.334 e. The van der Waals surface area contributed by atoms with E-state index in [9.17, 15) is 4.79 Å². The summed E-state index contributed by atoms with van der Waals surface area (Å²) in [6.45, 7) is 0.589. The number of hydrogen-bond acceptors (Lipinski definition) is 3. The topological polar surface area (TPSA) is 72.9 Å². The average molecular weight is 298 g/mol. The zero-order valence-electron chi connectivity index (χ0n) is 12.8. The molecule has 1 saturated carbocycles. The van der Waals surface area contributed by atoms with E-state index in [4.69, 9.17) is 5.73 Å². The van der Waals surface area contributed by atoms with E-state index in [1.54, 1.807) is 6.20 Å². The van der Waals surface area contributed by atoms with Gasteiger partial charge in [-0.2, -0.15) is 0 Å². The lowest BCUT2D eigenvalue weighted by atomic mass is 9.95. The first-order valence-electron chi connectivity index (χ1n) is 7.77. The number of carbonyl (C=O) groups is 1. The molecule has 1 aromatic carbocycles. The average Bonchev–Trinajstić information content (AvgIpc) is 3.15. The van der Waals surface area contributed by atoms with Crippen LogP contribution in [0.15, 0.2) is 36.7 Å². The fourth-order valence-corrected chi connectivity index (χ4v) is 3.28. The number of aromatic nitrogens is 2. The highest BCUT2D eigenvalue weighted by Crippen LogP contribution is 2.32. The van der Waals surface area contributed by atoms with E-state index < -0.39 is 0 Å². The van der Waals surface area contributed by atoms with Gasteiger partial charge in [0.1, 0.15) is 5.82 Å². The van der Waals surface area contributed by atoms with Crippen LogP contribution in [0.25, 0.3) is 11.4 Å². The van der Waals surface area contributed by atoms with Gasteiger partial charge in [-0.1, -0.05) is 18.6 Å². The summed E-state index contributed by atoms with van der Waals surface area (Å²) >= 11 is 0. The van der Waals surface area contributed by atoms with E-state index in [-0.39, 0.29) is 11.8 Å². The highest BCUT2D eigenvalue weighted by atomic mass is 16.1. The summed E-state index contributed by atoms with van der Waals surface area (Å²) in [5, 5.41) is 3.04. The van der Waals surface area contributed by atoms with Gasteiger partial charge < -0.3 is 15.6 Å². The summed E-state index contributed by atoms with van der Waals surface area (Å²) in [5.74, 6) is 1.33. The van der Waals surface area contributed by atoms with Crippen molar-refractivity contribution in [3.05, 3.63) is 36.7 Å². The molecule has 0 spiro atoms. The summed E-state index contributed by atoms with van der Waals surface area (Å²) in [6, 6.07) is 7.81. The third kappa shape index (κ3) is 2.90. The van der Waals surface area contributed by atoms with Crippen molar-refractivity contribution in [1.82, 2.24) is 9.55 Å². The number of nitrogens with two attached hydrogens (primary N) is 1. The number of nitrogens with zero attached hydrogens (tertiary/aromatic N) is 2. The molecule has 116 valence electrons. The number of anilines is 1. The van der Waals surface area contributed by atoms with Crippen LogP contribution in [0.2, 0.25) is 0 Å². The van der Waals surface area contributed by atoms with Crippen molar-refractivity contribution >= 4 is 11.6 Å². The van der Waals surface area contributed by atoms with Crippen LogP contribution < -0.4 is 11.1 Å². The maximum atomic E-state index is 12.5. The fourth-order valence-electron chi connectivity index (χ4n) is 3.28. The number of nitrogens with one attached hydrogen (secondary N) is 1. The SMILES string of the molecule is Cn1ccnc1-c1cccc(NC(=O)[C@@H]2CCC[C@@H]2CN)c1. The number of imidazole rings is 1. The standard InChI is InChI=1S/C17H22N4O/c1-21-9-8-19-16(21)12-4-2-6-14(10-12)20-17(22)15-7-3-5-13(15)11-18/h2,4,6,8-10,13,15H,3,5,7,11,18H2,1H3,(H,20,22)/t13-,15-/m1/s1. The molecule has 1 amide bonds. The van der Waals surface area contributed by atoms with Gasteiger partial charge in [0.05, 0.1) is 0 Å². The molecular formula is C17H22N4O. The molecule has 1 fully saturated rings. The Kier molecular flexibility index (Phi) is 4.24. The Hall–Kier alpha value is -2.14. The van der Waals surface area contributed by atoms with E-state index in [0.717, 1.165) is 36.3 Å². The Morgan fingerprint density at radius 2 is 2.32 bits per heavy atom. The summed E-state index contributed by atoms with van der Waals surface area (Å²) in [4.78, 5) is 16.8. The van der Waals surface area contributed by atoms with E-state index in [0.29, 0.717) is 12.5 Å². The van der Waals surface area contributed by atoms with Crippen molar-refractivity contribution in [1.29, 1.82) is 0 Å². The summed E-state index contributed by atoms with van der Waals surface area (Å²) in [6.07, 6.45) is 6.76. The highest BCUT2D eigenvalue weighted by Gasteiger charge is 2.31. The molecule has 3 rings (SSSR count). The van der Waals surface area contributed by atoms with Gasteiger partial charge in [0.15, 0.2) is 0 Å². The molecule has 0 unspecified atom stereocenters. The van der Waals surface area contributed by atoms with Crippen molar-refractivity contribution in [3.63, 3.8) is 0 Å². The van der Waals surface area contributed by atoms with Crippen LogP contribution in [0.3, 0.4) is 0 Å². The first-order valence-corrected chi connectivity index (χ1v) is 7.77. The molecule has 0 saturated heterocycles. The molecular weight excluding hydrogens is 276 g/mol. The summed E-state index contributed by atoms with van der Waals surface area (Å²) < 4.78 is 1.96. The monoisotopic (exact) mass is 298 g/mol. The van der Waals surface area contributed by atoms with E-state index in [2.05, 4.69) is 10.3 Å². The van der Waals surface area contributed by atoms with Crippen LogP contribution in [0.1, 0.15) is 19.3 Å². The number of carbonyl (C=O) groups excluding carboxylic acids is 1. The van der Waals surface area contributed by atoms with Crippen LogP contribution in [0.5, 0.6) is 0 Å².